The molecule has 0 bridgehead atoms. The number of halogens is 4. The van der Waals surface area contributed by atoms with E-state index in [4.69, 9.17) is 0 Å². The lowest BCUT2D eigenvalue weighted by Gasteiger charge is -2.19. The number of anilines is 2. The summed E-state index contributed by atoms with van der Waals surface area (Å²) in [4.78, 5) is 0. The molecule has 0 fully saturated rings. The molecule has 29 heavy (non-hydrogen) atoms. The van der Waals surface area contributed by atoms with Crippen LogP contribution in [0.2, 0.25) is 0 Å². The van der Waals surface area contributed by atoms with Gasteiger partial charge in [0.2, 0.25) is 0 Å². The second-order valence-electron chi connectivity index (χ2n) is 5.68. The first-order chi connectivity index (χ1) is 14.0. The van der Waals surface area contributed by atoms with Gasteiger partial charge in [0.1, 0.15) is 11.5 Å². The van der Waals surface area contributed by atoms with Crippen LogP contribution in [0.1, 0.15) is 5.56 Å². The summed E-state index contributed by atoms with van der Waals surface area (Å²) >= 11 is 0. The molecule has 8 heteroatoms. The number of hydrazone groups is 1. The van der Waals surface area contributed by atoms with E-state index in [9.17, 15) is 17.6 Å². The van der Waals surface area contributed by atoms with Crippen molar-refractivity contribution in [2.24, 2.45) is 5.10 Å². The molecule has 0 N–H and O–H groups in total. The second-order valence-corrected chi connectivity index (χ2v) is 5.68. The fraction of sp³-hybridized carbons (Fsp3) is 0.0952. The molecule has 0 saturated carbocycles. The molecule has 0 aliphatic rings. The SMILES string of the molecule is FC(F)Oc1ccc(/C=N\N(c2ccccc2)c2ccccc2)c(OC(F)F)c1. The van der Waals surface area contributed by atoms with Crippen LogP contribution < -0.4 is 14.5 Å². The highest BCUT2D eigenvalue weighted by molar-refractivity contribution is 5.85. The Labute approximate surface area is 164 Å². The van der Waals surface area contributed by atoms with Crippen LogP contribution in [0.3, 0.4) is 0 Å². The van der Waals surface area contributed by atoms with Crippen LogP contribution >= 0.6 is 0 Å². The molecule has 3 rings (SSSR count). The highest BCUT2D eigenvalue weighted by atomic mass is 19.3. The van der Waals surface area contributed by atoms with Gasteiger partial charge in [0, 0.05) is 11.6 Å². The Morgan fingerprint density at radius 3 is 1.79 bits per heavy atom. The molecule has 4 nitrogen and oxygen atoms in total. The third kappa shape index (κ3) is 5.71. The third-order valence-electron chi connectivity index (χ3n) is 3.74. The molecule has 3 aromatic rings. The van der Waals surface area contributed by atoms with Crippen molar-refractivity contribution >= 4 is 17.6 Å². The molecular weight excluding hydrogens is 388 g/mol. The van der Waals surface area contributed by atoms with Crippen LogP contribution in [0.25, 0.3) is 0 Å². The maximum absolute atomic E-state index is 12.8. The summed E-state index contributed by atoms with van der Waals surface area (Å²) < 4.78 is 59.0. The molecule has 0 unspecified atom stereocenters. The van der Waals surface area contributed by atoms with Crippen molar-refractivity contribution in [2.45, 2.75) is 13.2 Å². The number of rotatable bonds is 8. The van der Waals surface area contributed by atoms with Gasteiger partial charge in [-0.05, 0) is 36.4 Å². The van der Waals surface area contributed by atoms with Crippen LogP contribution in [0.4, 0.5) is 28.9 Å². The van der Waals surface area contributed by atoms with E-state index in [0.717, 1.165) is 17.4 Å². The van der Waals surface area contributed by atoms with Crippen LogP contribution in [-0.4, -0.2) is 19.4 Å². The summed E-state index contributed by atoms with van der Waals surface area (Å²) in [6.45, 7) is -6.22. The molecule has 0 saturated heterocycles. The van der Waals surface area contributed by atoms with Gasteiger partial charge in [-0.25, -0.2) is 5.01 Å². The minimum Gasteiger partial charge on any atom is -0.435 e. The number of hydrogen-bond acceptors (Lipinski definition) is 4. The number of hydrogen-bond donors (Lipinski definition) is 0. The fourth-order valence-electron chi connectivity index (χ4n) is 2.54. The normalized spacial score (nSPS) is 11.2. The monoisotopic (exact) mass is 404 g/mol. The van der Waals surface area contributed by atoms with Crippen LogP contribution in [0, 0.1) is 0 Å². The number of para-hydroxylation sites is 2. The molecule has 0 aromatic heterocycles. The van der Waals surface area contributed by atoms with Gasteiger partial charge in [0.25, 0.3) is 0 Å². The first-order valence-corrected chi connectivity index (χ1v) is 8.51. The summed E-state index contributed by atoms with van der Waals surface area (Å²) in [5.74, 6) is -0.626. The van der Waals surface area contributed by atoms with Gasteiger partial charge in [-0.2, -0.15) is 22.7 Å². The lowest BCUT2D eigenvalue weighted by Crippen LogP contribution is -2.10. The van der Waals surface area contributed by atoms with Gasteiger partial charge in [-0.15, -0.1) is 0 Å². The lowest BCUT2D eigenvalue weighted by atomic mass is 10.2. The maximum Gasteiger partial charge on any atom is 0.387 e. The van der Waals surface area contributed by atoms with E-state index in [2.05, 4.69) is 14.6 Å². The Bertz CT molecular complexity index is 898. The van der Waals surface area contributed by atoms with Gasteiger partial charge in [0.05, 0.1) is 17.6 Å². The van der Waals surface area contributed by atoms with E-state index >= 15 is 0 Å². The Morgan fingerprint density at radius 2 is 1.28 bits per heavy atom. The van der Waals surface area contributed by atoms with E-state index in [1.807, 2.05) is 60.7 Å². The number of nitrogens with zero attached hydrogens (tertiary/aromatic N) is 2. The zero-order valence-corrected chi connectivity index (χ0v) is 15.0. The predicted molar refractivity (Wildman–Crippen MR) is 102 cm³/mol. The Balaban J connectivity index is 1.96. The predicted octanol–water partition coefficient (Wildman–Crippen LogP) is 6.06. The van der Waals surface area contributed by atoms with E-state index in [1.54, 1.807) is 5.01 Å². The van der Waals surface area contributed by atoms with Crippen LogP contribution in [-0.2, 0) is 0 Å². The van der Waals surface area contributed by atoms with Gasteiger partial charge < -0.3 is 9.47 Å². The van der Waals surface area contributed by atoms with Crippen LogP contribution in [0.5, 0.6) is 11.5 Å². The topological polar surface area (TPSA) is 34.1 Å². The van der Waals surface area contributed by atoms with E-state index in [-0.39, 0.29) is 17.1 Å². The smallest absolute Gasteiger partial charge is 0.387 e. The summed E-state index contributed by atoms with van der Waals surface area (Å²) in [5.41, 5.74) is 1.65. The molecule has 3 aromatic carbocycles. The van der Waals surface area contributed by atoms with E-state index in [1.165, 1.54) is 18.3 Å². The number of benzene rings is 3. The minimum absolute atomic E-state index is 0.170. The summed E-state index contributed by atoms with van der Waals surface area (Å²) in [6.07, 6.45) is 1.31. The largest absolute Gasteiger partial charge is 0.435 e. The number of alkyl halides is 4. The molecule has 0 amide bonds. The first-order valence-electron chi connectivity index (χ1n) is 8.51. The Hall–Kier alpha value is -3.55. The van der Waals surface area contributed by atoms with Gasteiger partial charge in [0.15, 0.2) is 0 Å². The second kappa shape index (κ2) is 9.59. The average molecular weight is 404 g/mol. The zero-order valence-electron chi connectivity index (χ0n) is 15.0. The summed E-state index contributed by atoms with van der Waals surface area (Å²) in [5, 5.41) is 5.99. The van der Waals surface area contributed by atoms with Gasteiger partial charge >= 0.3 is 13.2 Å². The van der Waals surface area contributed by atoms with Crippen molar-refractivity contribution in [3.05, 3.63) is 84.4 Å². The lowest BCUT2D eigenvalue weighted by molar-refractivity contribution is -0.0543. The fourth-order valence-corrected chi connectivity index (χ4v) is 2.54. The Morgan fingerprint density at radius 1 is 0.724 bits per heavy atom. The number of ether oxygens (including phenoxy) is 2. The summed E-state index contributed by atoms with van der Waals surface area (Å²) in [6, 6.07) is 21.9. The van der Waals surface area contributed by atoms with Crippen molar-refractivity contribution in [1.82, 2.24) is 0 Å². The first kappa shape index (κ1) is 20.2. The average Bonchev–Trinajstić information content (AvgIpc) is 2.70. The highest BCUT2D eigenvalue weighted by Crippen LogP contribution is 2.28. The molecule has 0 heterocycles. The molecule has 0 aliphatic carbocycles. The quantitative estimate of drug-likeness (QED) is 0.260. The van der Waals surface area contributed by atoms with Gasteiger partial charge in [-0.1, -0.05) is 36.4 Å². The van der Waals surface area contributed by atoms with Gasteiger partial charge in [-0.3, -0.25) is 0 Å². The minimum atomic E-state index is -3.14. The molecule has 0 aliphatic heterocycles. The van der Waals surface area contributed by atoms with Crippen molar-refractivity contribution in [2.75, 3.05) is 5.01 Å². The summed E-state index contributed by atoms with van der Waals surface area (Å²) in [7, 11) is 0. The van der Waals surface area contributed by atoms with Crippen LogP contribution in [0.15, 0.2) is 84.0 Å². The van der Waals surface area contributed by atoms with Crippen molar-refractivity contribution in [3.63, 3.8) is 0 Å². The molecule has 0 spiro atoms. The van der Waals surface area contributed by atoms with E-state index in [0.29, 0.717) is 0 Å². The molecular formula is C21H16F4N2O2. The molecule has 0 atom stereocenters. The van der Waals surface area contributed by atoms with Crippen molar-refractivity contribution in [1.29, 1.82) is 0 Å². The van der Waals surface area contributed by atoms with Crippen molar-refractivity contribution in [3.8, 4) is 11.5 Å². The van der Waals surface area contributed by atoms with E-state index < -0.39 is 13.2 Å². The molecule has 150 valence electrons. The maximum atomic E-state index is 12.8. The molecule has 0 radical (unpaired) electrons. The van der Waals surface area contributed by atoms with Crippen molar-refractivity contribution < 1.29 is 27.0 Å². The highest BCUT2D eigenvalue weighted by Gasteiger charge is 2.13. The standard InChI is InChI=1S/C21H16F4N2O2/c22-20(23)28-18-12-11-15(19(13-18)29-21(24)25)14-26-27(16-7-3-1-4-8-16)17-9-5-2-6-10-17/h1-14,20-21H/b26-14-. The Kier molecular flexibility index (Phi) is 6.67. The third-order valence-corrected chi connectivity index (χ3v) is 3.74. The zero-order chi connectivity index (χ0) is 20.6.